The summed E-state index contributed by atoms with van der Waals surface area (Å²) in [6, 6.07) is 17.5. The molecule has 0 aliphatic carbocycles. The predicted octanol–water partition coefficient (Wildman–Crippen LogP) is 4.03. The van der Waals surface area contributed by atoms with Crippen molar-refractivity contribution in [2.45, 2.75) is 19.8 Å². The molecule has 0 bridgehead atoms. The molecule has 1 aliphatic rings. The zero-order valence-electron chi connectivity index (χ0n) is 12.3. The predicted molar refractivity (Wildman–Crippen MR) is 86.7 cm³/mol. The van der Waals surface area contributed by atoms with Crippen molar-refractivity contribution in [1.29, 1.82) is 0 Å². The van der Waals surface area contributed by atoms with Crippen LogP contribution in [0, 0.1) is 6.92 Å². The number of rotatable bonds is 4. The first-order valence-electron chi connectivity index (χ1n) is 7.42. The third-order valence-electron chi connectivity index (χ3n) is 4.13. The maximum absolute atomic E-state index is 3.52. The normalized spacial score (nSPS) is 16.6. The van der Waals surface area contributed by atoms with E-state index in [-0.39, 0.29) is 0 Å². The maximum Gasteiger partial charge on any atom is 0.0377 e. The molecular formula is C18H22N2. The van der Waals surface area contributed by atoms with Crippen molar-refractivity contribution in [3.8, 4) is 0 Å². The van der Waals surface area contributed by atoms with Gasteiger partial charge in [-0.05, 0) is 43.2 Å². The molecule has 0 saturated heterocycles. The average molecular weight is 266 g/mol. The second kappa shape index (κ2) is 5.58. The Morgan fingerprint density at radius 1 is 1.15 bits per heavy atom. The first-order valence-corrected chi connectivity index (χ1v) is 7.42. The third kappa shape index (κ3) is 2.51. The zero-order chi connectivity index (χ0) is 13.9. The molecule has 2 aromatic carbocycles. The summed E-state index contributed by atoms with van der Waals surface area (Å²) in [5.41, 5.74) is 5.42. The van der Waals surface area contributed by atoms with E-state index in [9.17, 15) is 0 Å². The van der Waals surface area contributed by atoms with Gasteiger partial charge in [0, 0.05) is 36.9 Å². The number of hydrogen-bond donors (Lipinski definition) is 1. The lowest BCUT2D eigenvalue weighted by atomic mass is 10.0. The van der Waals surface area contributed by atoms with Gasteiger partial charge in [0.1, 0.15) is 0 Å². The van der Waals surface area contributed by atoms with E-state index in [2.05, 4.69) is 72.6 Å². The Kier molecular flexibility index (Phi) is 3.64. The van der Waals surface area contributed by atoms with Gasteiger partial charge in [0.15, 0.2) is 0 Å². The van der Waals surface area contributed by atoms with Crippen LogP contribution in [0.3, 0.4) is 0 Å². The molecule has 0 aromatic heterocycles. The van der Waals surface area contributed by atoms with Crippen molar-refractivity contribution in [2.75, 3.05) is 29.9 Å². The van der Waals surface area contributed by atoms with Crippen molar-refractivity contribution in [3.63, 3.8) is 0 Å². The smallest absolute Gasteiger partial charge is 0.0377 e. The summed E-state index contributed by atoms with van der Waals surface area (Å²) < 4.78 is 0. The van der Waals surface area contributed by atoms with Crippen LogP contribution >= 0.6 is 0 Å². The summed E-state index contributed by atoms with van der Waals surface area (Å²) in [6.45, 7) is 7.55. The minimum atomic E-state index is 0.576. The SMILES string of the molecule is CCN(CC1CNc2ccccc21)c1cccc(C)c1. The summed E-state index contributed by atoms with van der Waals surface area (Å²) in [4.78, 5) is 2.47. The Bertz CT molecular complexity index is 591. The molecule has 2 heteroatoms. The Hall–Kier alpha value is -1.96. The monoisotopic (exact) mass is 266 g/mol. The summed E-state index contributed by atoms with van der Waals surface area (Å²) >= 11 is 0. The number of aryl methyl sites for hydroxylation is 1. The minimum Gasteiger partial charge on any atom is -0.384 e. The average Bonchev–Trinajstić information content (AvgIpc) is 2.88. The Morgan fingerprint density at radius 3 is 2.80 bits per heavy atom. The van der Waals surface area contributed by atoms with Gasteiger partial charge in [-0.25, -0.2) is 0 Å². The fraction of sp³-hybridized carbons (Fsp3) is 0.333. The Morgan fingerprint density at radius 2 is 2.00 bits per heavy atom. The van der Waals surface area contributed by atoms with Crippen LogP contribution in [0.4, 0.5) is 11.4 Å². The molecule has 3 rings (SSSR count). The number of para-hydroxylation sites is 1. The van der Waals surface area contributed by atoms with Gasteiger partial charge in [0.05, 0.1) is 0 Å². The Balaban J connectivity index is 1.80. The molecule has 1 heterocycles. The highest BCUT2D eigenvalue weighted by Crippen LogP contribution is 2.32. The largest absolute Gasteiger partial charge is 0.384 e. The van der Waals surface area contributed by atoms with Gasteiger partial charge in [-0.1, -0.05) is 30.3 Å². The van der Waals surface area contributed by atoms with Crippen LogP contribution in [0.25, 0.3) is 0 Å². The molecule has 1 atom stereocenters. The molecule has 1 unspecified atom stereocenters. The van der Waals surface area contributed by atoms with Crippen LogP contribution in [0.2, 0.25) is 0 Å². The maximum atomic E-state index is 3.52. The first kappa shape index (κ1) is 13.0. The molecule has 0 radical (unpaired) electrons. The summed E-state index contributed by atoms with van der Waals surface area (Å²) in [5.74, 6) is 0.576. The third-order valence-corrected chi connectivity index (χ3v) is 4.13. The van der Waals surface area contributed by atoms with Gasteiger partial charge in [-0.15, -0.1) is 0 Å². The summed E-state index contributed by atoms with van der Waals surface area (Å²) in [5, 5.41) is 3.52. The molecule has 1 N–H and O–H groups in total. The highest BCUT2D eigenvalue weighted by molar-refractivity contribution is 5.59. The van der Waals surface area contributed by atoms with E-state index in [1.54, 1.807) is 0 Å². The van der Waals surface area contributed by atoms with Crippen LogP contribution in [0.1, 0.15) is 24.0 Å². The van der Waals surface area contributed by atoms with Gasteiger partial charge in [0.25, 0.3) is 0 Å². The topological polar surface area (TPSA) is 15.3 Å². The highest BCUT2D eigenvalue weighted by atomic mass is 15.1. The molecule has 0 saturated carbocycles. The second-order valence-electron chi connectivity index (χ2n) is 5.54. The van der Waals surface area contributed by atoms with E-state index in [0.717, 1.165) is 19.6 Å². The van der Waals surface area contributed by atoms with Crippen LogP contribution < -0.4 is 10.2 Å². The fourth-order valence-corrected chi connectivity index (χ4v) is 3.03. The molecule has 20 heavy (non-hydrogen) atoms. The lowest BCUT2D eigenvalue weighted by Gasteiger charge is -2.26. The van der Waals surface area contributed by atoms with Gasteiger partial charge < -0.3 is 10.2 Å². The highest BCUT2D eigenvalue weighted by Gasteiger charge is 2.23. The number of likely N-dealkylation sites (N-methyl/N-ethyl adjacent to an activating group) is 1. The van der Waals surface area contributed by atoms with Crippen LogP contribution in [0.5, 0.6) is 0 Å². The van der Waals surface area contributed by atoms with Crippen LogP contribution in [0.15, 0.2) is 48.5 Å². The number of nitrogens with zero attached hydrogens (tertiary/aromatic N) is 1. The number of benzene rings is 2. The fourth-order valence-electron chi connectivity index (χ4n) is 3.03. The van der Waals surface area contributed by atoms with E-state index in [0.29, 0.717) is 5.92 Å². The summed E-state index contributed by atoms with van der Waals surface area (Å²) in [7, 11) is 0. The van der Waals surface area contributed by atoms with Crippen molar-refractivity contribution >= 4 is 11.4 Å². The van der Waals surface area contributed by atoms with Crippen molar-refractivity contribution < 1.29 is 0 Å². The standard InChI is InChI=1S/C18H22N2/c1-3-20(16-8-6-7-14(2)11-16)13-15-12-19-18-10-5-4-9-17(15)18/h4-11,15,19H,3,12-13H2,1-2H3. The number of anilines is 2. The first-order chi connectivity index (χ1) is 9.78. The van der Waals surface area contributed by atoms with E-state index in [1.807, 2.05) is 0 Å². The quantitative estimate of drug-likeness (QED) is 0.898. The lowest BCUT2D eigenvalue weighted by Crippen LogP contribution is -2.29. The Labute approximate surface area is 121 Å². The molecule has 0 spiro atoms. The van der Waals surface area contributed by atoms with Crippen molar-refractivity contribution in [2.24, 2.45) is 0 Å². The molecule has 1 aliphatic heterocycles. The number of nitrogens with one attached hydrogen (secondary N) is 1. The molecular weight excluding hydrogens is 244 g/mol. The lowest BCUT2D eigenvalue weighted by molar-refractivity contribution is 0.698. The summed E-state index contributed by atoms with van der Waals surface area (Å²) in [6.07, 6.45) is 0. The van der Waals surface area contributed by atoms with E-state index in [4.69, 9.17) is 0 Å². The number of fused-ring (bicyclic) bond motifs is 1. The molecule has 0 fully saturated rings. The molecule has 0 amide bonds. The number of hydrogen-bond acceptors (Lipinski definition) is 2. The van der Waals surface area contributed by atoms with Crippen LogP contribution in [-0.2, 0) is 0 Å². The van der Waals surface area contributed by atoms with Crippen molar-refractivity contribution in [1.82, 2.24) is 0 Å². The minimum absolute atomic E-state index is 0.576. The van der Waals surface area contributed by atoms with Gasteiger partial charge in [-0.2, -0.15) is 0 Å². The van der Waals surface area contributed by atoms with Gasteiger partial charge >= 0.3 is 0 Å². The second-order valence-corrected chi connectivity index (χ2v) is 5.54. The van der Waals surface area contributed by atoms with E-state index >= 15 is 0 Å². The van der Waals surface area contributed by atoms with Crippen molar-refractivity contribution in [3.05, 3.63) is 59.7 Å². The zero-order valence-corrected chi connectivity index (χ0v) is 12.3. The molecule has 2 aromatic rings. The van der Waals surface area contributed by atoms with Crippen LogP contribution in [-0.4, -0.2) is 19.6 Å². The van der Waals surface area contributed by atoms with Gasteiger partial charge in [-0.3, -0.25) is 0 Å². The molecule has 104 valence electrons. The van der Waals surface area contributed by atoms with E-state index in [1.165, 1.54) is 22.5 Å². The molecule has 2 nitrogen and oxygen atoms in total. The van der Waals surface area contributed by atoms with Gasteiger partial charge in [0.2, 0.25) is 0 Å². The van der Waals surface area contributed by atoms with E-state index < -0.39 is 0 Å².